The molecule has 0 bridgehead atoms. The van der Waals surface area contributed by atoms with Gasteiger partial charge < -0.3 is 19.8 Å². The van der Waals surface area contributed by atoms with Gasteiger partial charge in [-0.1, -0.05) is 437 Å². The van der Waals surface area contributed by atoms with Crippen LogP contribution in [0.15, 0.2) is 12.2 Å². The summed E-state index contributed by atoms with van der Waals surface area (Å²) in [4.78, 5) is 23.5. The Kier molecular flexibility index (Phi) is 71.9. The first-order valence-corrected chi connectivity index (χ1v) is 42.6. The van der Waals surface area contributed by atoms with Crippen molar-refractivity contribution >= 4 is 13.7 Å². The van der Waals surface area contributed by atoms with Gasteiger partial charge in [0.1, 0.15) is 13.2 Å². The molecule has 0 rings (SSSR count). The van der Waals surface area contributed by atoms with Crippen molar-refractivity contribution in [3.8, 4) is 0 Å². The van der Waals surface area contributed by atoms with Gasteiger partial charge in [0, 0.05) is 6.42 Å². The monoisotopic (exact) mass is 1290 g/mol. The average Bonchev–Trinajstić information content (AvgIpc) is 3.39. The maximum Gasteiger partial charge on any atom is 0.472 e. The molecule has 0 fully saturated rings. The van der Waals surface area contributed by atoms with E-state index in [2.05, 4.69) is 19.2 Å². The molecule has 0 saturated carbocycles. The first-order chi connectivity index (χ1) is 44.0. The number of nitrogens with one attached hydrogen (secondary N) is 1. The number of carbonyl (C=O) groups excluding carboxylic acids is 1. The molecule has 0 aromatic rings. The number of amides is 1. The molecule has 3 unspecified atom stereocenters. The van der Waals surface area contributed by atoms with Crippen molar-refractivity contribution in [2.45, 2.75) is 463 Å². The fourth-order valence-electron chi connectivity index (χ4n) is 13.2. The average molecular weight is 1290 g/mol. The van der Waals surface area contributed by atoms with Crippen molar-refractivity contribution in [2.75, 3.05) is 40.9 Å². The zero-order valence-corrected chi connectivity index (χ0v) is 62.8. The summed E-state index contributed by atoms with van der Waals surface area (Å²) in [6, 6.07) is -0.845. The molecule has 0 aliphatic heterocycles. The van der Waals surface area contributed by atoms with Gasteiger partial charge >= 0.3 is 7.82 Å². The van der Waals surface area contributed by atoms with Crippen LogP contribution in [0.5, 0.6) is 0 Å². The van der Waals surface area contributed by atoms with E-state index in [9.17, 15) is 19.4 Å². The lowest BCUT2D eigenvalue weighted by atomic mass is 10.0. The van der Waals surface area contributed by atoms with Crippen molar-refractivity contribution < 1.29 is 32.9 Å². The van der Waals surface area contributed by atoms with E-state index in [-0.39, 0.29) is 19.1 Å². The van der Waals surface area contributed by atoms with Gasteiger partial charge in [0.2, 0.25) is 5.91 Å². The lowest BCUT2D eigenvalue weighted by Crippen LogP contribution is -2.45. The van der Waals surface area contributed by atoms with Crippen LogP contribution in [0.3, 0.4) is 0 Å². The summed E-state index contributed by atoms with van der Waals surface area (Å²) in [5.74, 6) is -0.165. The summed E-state index contributed by atoms with van der Waals surface area (Å²) < 4.78 is 23.9. The number of hydrogen-bond acceptors (Lipinski definition) is 5. The number of phosphoric ester groups is 1. The van der Waals surface area contributed by atoms with Crippen LogP contribution in [0.25, 0.3) is 0 Å². The van der Waals surface area contributed by atoms with Crippen molar-refractivity contribution in [3.05, 3.63) is 12.2 Å². The number of aliphatic hydroxyl groups is 1. The zero-order chi connectivity index (χ0) is 65.5. The molecule has 0 aliphatic carbocycles. The second-order valence-electron chi connectivity index (χ2n) is 29.9. The van der Waals surface area contributed by atoms with Gasteiger partial charge in [0.25, 0.3) is 0 Å². The molecule has 0 spiro atoms. The third kappa shape index (κ3) is 74.6. The zero-order valence-electron chi connectivity index (χ0n) is 61.9. The summed E-state index contributed by atoms with van der Waals surface area (Å²) in [5, 5.41) is 14.1. The first-order valence-electron chi connectivity index (χ1n) is 41.1. The Labute approximate surface area is 564 Å². The highest BCUT2D eigenvalue weighted by Gasteiger charge is 2.28. The maximum absolute atomic E-state index is 13.1. The van der Waals surface area contributed by atoms with Crippen LogP contribution in [0, 0.1) is 0 Å². The molecule has 9 heteroatoms. The van der Waals surface area contributed by atoms with Crippen LogP contribution in [0.2, 0.25) is 0 Å². The number of hydrogen-bond donors (Lipinski definition) is 3. The lowest BCUT2D eigenvalue weighted by molar-refractivity contribution is -0.870. The summed E-state index contributed by atoms with van der Waals surface area (Å²) in [6.07, 6.45) is 95.7. The Balaban J connectivity index is 3.91. The third-order valence-electron chi connectivity index (χ3n) is 19.5. The molecule has 90 heavy (non-hydrogen) atoms. The van der Waals surface area contributed by atoms with E-state index in [1.54, 1.807) is 6.08 Å². The Morgan fingerprint density at radius 3 is 0.822 bits per heavy atom. The summed E-state index contributed by atoms with van der Waals surface area (Å²) in [5.41, 5.74) is 0. The number of likely N-dealkylation sites (N-methyl/N-ethyl adjacent to an activating group) is 1. The van der Waals surface area contributed by atoms with Gasteiger partial charge in [-0.3, -0.25) is 13.8 Å². The van der Waals surface area contributed by atoms with Crippen LogP contribution in [0.1, 0.15) is 450 Å². The highest BCUT2D eigenvalue weighted by molar-refractivity contribution is 7.47. The van der Waals surface area contributed by atoms with E-state index in [0.717, 1.165) is 32.1 Å². The molecule has 3 N–H and O–H groups in total. The molecule has 0 radical (unpaired) electrons. The van der Waals surface area contributed by atoms with Crippen LogP contribution in [0.4, 0.5) is 0 Å². The minimum absolute atomic E-state index is 0.0657. The second kappa shape index (κ2) is 72.5. The Morgan fingerprint density at radius 2 is 0.589 bits per heavy atom. The van der Waals surface area contributed by atoms with E-state index in [1.165, 1.54) is 398 Å². The molecular weight excluding hydrogens is 1130 g/mol. The standard InChI is InChI=1S/C81H163N2O6P/c1-6-8-10-12-14-16-18-20-22-24-26-28-30-32-34-36-38-39-40-41-42-43-45-47-49-51-53-55-57-59-61-63-65-67-69-71-73-75-81(85)82-79(78-89-90(86,87)88-77-76-83(3,4)5)80(84)74-72-70-68-66-64-62-60-58-56-54-52-50-48-46-44-37-35-33-31-29-27-25-23-21-19-17-15-13-11-9-7-2/h72,74,79-80,84H,6-71,73,75-78H2,1-5H3,(H-,82,85,86,87)/p+1/b74-72+. The predicted molar refractivity (Wildman–Crippen MR) is 397 cm³/mol. The topological polar surface area (TPSA) is 105 Å². The van der Waals surface area contributed by atoms with Gasteiger partial charge in [0.15, 0.2) is 0 Å². The fraction of sp³-hybridized carbons (Fsp3) is 0.963. The van der Waals surface area contributed by atoms with E-state index in [0.29, 0.717) is 17.4 Å². The van der Waals surface area contributed by atoms with E-state index in [4.69, 9.17) is 9.05 Å². The summed E-state index contributed by atoms with van der Waals surface area (Å²) >= 11 is 0. The molecule has 8 nitrogen and oxygen atoms in total. The number of carbonyl (C=O) groups is 1. The number of allylic oxidation sites excluding steroid dienone is 1. The Bertz CT molecular complexity index is 1470. The minimum Gasteiger partial charge on any atom is -0.387 e. The fourth-order valence-corrected chi connectivity index (χ4v) is 13.9. The highest BCUT2D eigenvalue weighted by atomic mass is 31.2. The molecule has 0 aromatic heterocycles. The second-order valence-corrected chi connectivity index (χ2v) is 31.3. The molecule has 0 aromatic carbocycles. The molecule has 0 heterocycles. The normalized spacial score (nSPS) is 13.5. The van der Waals surface area contributed by atoms with Gasteiger partial charge in [-0.2, -0.15) is 0 Å². The van der Waals surface area contributed by atoms with Crippen LogP contribution in [-0.2, 0) is 18.4 Å². The SMILES string of the molecule is CCCCCCCCCCCCCCCCCCCCCCCCCCCCCCC/C=C/C(O)C(COP(=O)(O)OCC[N+](C)(C)C)NC(=O)CCCCCCCCCCCCCCCCCCCCCCCCCCCCCCCCCCCCCCC. The number of phosphoric acid groups is 1. The van der Waals surface area contributed by atoms with Gasteiger partial charge in [-0.25, -0.2) is 4.57 Å². The largest absolute Gasteiger partial charge is 0.472 e. The Morgan fingerprint density at radius 1 is 0.367 bits per heavy atom. The molecule has 0 aliphatic rings. The van der Waals surface area contributed by atoms with Crippen molar-refractivity contribution in [1.29, 1.82) is 0 Å². The van der Waals surface area contributed by atoms with Crippen molar-refractivity contribution in [2.24, 2.45) is 0 Å². The van der Waals surface area contributed by atoms with Crippen LogP contribution < -0.4 is 5.32 Å². The summed E-state index contributed by atoms with van der Waals surface area (Å²) in [6.45, 7) is 4.90. The van der Waals surface area contributed by atoms with Gasteiger partial charge in [-0.15, -0.1) is 0 Å². The molecule has 3 atom stereocenters. The molecule has 1 amide bonds. The number of rotatable bonds is 78. The lowest BCUT2D eigenvalue weighted by Gasteiger charge is -2.25. The highest BCUT2D eigenvalue weighted by Crippen LogP contribution is 2.43. The van der Waals surface area contributed by atoms with Crippen LogP contribution >= 0.6 is 7.82 Å². The maximum atomic E-state index is 13.1. The van der Waals surface area contributed by atoms with Gasteiger partial charge in [0.05, 0.1) is 39.9 Å². The van der Waals surface area contributed by atoms with Crippen LogP contribution in [-0.4, -0.2) is 73.4 Å². The number of aliphatic hydroxyl groups excluding tert-OH is 1. The van der Waals surface area contributed by atoms with Crippen molar-refractivity contribution in [3.63, 3.8) is 0 Å². The Hall–Kier alpha value is -0.760. The number of unbranched alkanes of at least 4 members (excludes halogenated alkanes) is 65. The quantitative estimate of drug-likeness (QED) is 0.0243. The number of nitrogens with zero attached hydrogens (tertiary/aromatic N) is 1. The van der Waals surface area contributed by atoms with Crippen molar-refractivity contribution in [1.82, 2.24) is 5.32 Å². The predicted octanol–water partition coefficient (Wildman–Crippen LogP) is 26.8. The number of quaternary nitrogens is 1. The van der Waals surface area contributed by atoms with E-state index in [1.807, 2.05) is 27.2 Å². The van der Waals surface area contributed by atoms with E-state index < -0.39 is 20.0 Å². The first kappa shape index (κ1) is 89.2. The van der Waals surface area contributed by atoms with Gasteiger partial charge in [-0.05, 0) is 19.3 Å². The third-order valence-corrected chi connectivity index (χ3v) is 20.5. The molecule has 538 valence electrons. The summed E-state index contributed by atoms with van der Waals surface area (Å²) in [7, 11) is 1.60. The molecule has 0 saturated heterocycles. The smallest absolute Gasteiger partial charge is 0.387 e. The minimum atomic E-state index is -4.35. The molecular formula is C81H164N2O6P+. The van der Waals surface area contributed by atoms with E-state index >= 15 is 0 Å².